The first-order valence-corrected chi connectivity index (χ1v) is 11.2. The van der Waals surface area contributed by atoms with E-state index in [-0.39, 0.29) is 23.4 Å². The van der Waals surface area contributed by atoms with E-state index in [1.165, 1.54) is 19.2 Å². The van der Waals surface area contributed by atoms with Crippen LogP contribution in [0.25, 0.3) is 0 Å². The lowest BCUT2D eigenvalue weighted by Crippen LogP contribution is -2.54. The molecule has 8 nitrogen and oxygen atoms in total. The zero-order chi connectivity index (χ0) is 24.7. The summed E-state index contributed by atoms with van der Waals surface area (Å²) in [4.78, 5) is 25.3. The molecule has 5 rings (SSSR count). The molecule has 3 aromatic rings. The number of carbonyl (C=O) groups excluding carboxylic acids is 1. The van der Waals surface area contributed by atoms with Gasteiger partial charge >= 0.3 is 0 Å². The molecule has 1 saturated heterocycles. The molecule has 0 bridgehead atoms. The van der Waals surface area contributed by atoms with Gasteiger partial charge in [-0.25, -0.2) is 4.39 Å². The van der Waals surface area contributed by atoms with Crippen LogP contribution in [0.15, 0.2) is 66.7 Å². The van der Waals surface area contributed by atoms with Crippen molar-refractivity contribution in [3.05, 3.63) is 99.4 Å². The summed E-state index contributed by atoms with van der Waals surface area (Å²) < 4.78 is 24.6. The van der Waals surface area contributed by atoms with Crippen molar-refractivity contribution in [3.63, 3.8) is 0 Å². The molecule has 1 fully saturated rings. The third-order valence-corrected chi connectivity index (χ3v) is 6.84. The largest absolute Gasteiger partial charge is 0.493 e. The fourth-order valence-corrected chi connectivity index (χ4v) is 5.31. The van der Waals surface area contributed by atoms with Crippen molar-refractivity contribution in [3.8, 4) is 11.5 Å². The highest BCUT2D eigenvalue weighted by atomic mass is 19.1. The maximum atomic E-state index is 13.2. The van der Waals surface area contributed by atoms with Crippen LogP contribution < -0.4 is 20.1 Å². The summed E-state index contributed by atoms with van der Waals surface area (Å²) in [6.45, 7) is 2.05. The van der Waals surface area contributed by atoms with E-state index in [0.717, 1.165) is 5.56 Å². The maximum absolute atomic E-state index is 13.2. The van der Waals surface area contributed by atoms with E-state index in [4.69, 9.17) is 9.47 Å². The van der Waals surface area contributed by atoms with Crippen molar-refractivity contribution >= 4 is 11.6 Å². The Hall–Kier alpha value is -3.98. The second kappa shape index (κ2) is 8.66. The number of amides is 1. The molecular weight excluding hydrogens is 453 g/mol. The van der Waals surface area contributed by atoms with Crippen molar-refractivity contribution < 1.29 is 23.6 Å². The molecule has 0 radical (unpaired) electrons. The Morgan fingerprint density at radius 3 is 2.54 bits per heavy atom. The van der Waals surface area contributed by atoms with Gasteiger partial charge in [0.05, 0.1) is 13.0 Å². The van der Waals surface area contributed by atoms with Gasteiger partial charge in [-0.05, 0) is 48.4 Å². The zero-order valence-electron chi connectivity index (χ0n) is 19.2. The number of ether oxygens (including phenoxy) is 2. The fraction of sp³-hybridized carbons (Fsp3) is 0.269. The minimum atomic E-state index is -1.48. The summed E-state index contributed by atoms with van der Waals surface area (Å²) in [5.41, 5.74) is 1.12. The lowest BCUT2D eigenvalue weighted by Gasteiger charge is -2.25. The van der Waals surface area contributed by atoms with Crippen LogP contribution in [0.4, 0.5) is 10.1 Å². The van der Waals surface area contributed by atoms with Crippen LogP contribution >= 0.6 is 0 Å². The van der Waals surface area contributed by atoms with E-state index >= 15 is 0 Å². The van der Waals surface area contributed by atoms with Gasteiger partial charge in [0, 0.05) is 22.2 Å². The van der Waals surface area contributed by atoms with Gasteiger partial charge in [0.1, 0.15) is 12.4 Å². The first kappa shape index (κ1) is 22.8. The van der Waals surface area contributed by atoms with E-state index < -0.39 is 23.4 Å². The molecular formula is C26H24FN3O5. The average molecular weight is 477 g/mol. The summed E-state index contributed by atoms with van der Waals surface area (Å²) in [5.74, 6) is -0.499. The summed E-state index contributed by atoms with van der Waals surface area (Å²) in [5, 5.41) is 18.5. The number of methoxy groups -OCH3 is 1. The van der Waals surface area contributed by atoms with Crippen LogP contribution in [-0.2, 0) is 16.9 Å². The molecule has 2 aliphatic heterocycles. The first-order chi connectivity index (χ1) is 16.8. The predicted octanol–water partition coefficient (Wildman–Crippen LogP) is 3.98. The monoisotopic (exact) mass is 477 g/mol. The number of nitrogens with one attached hydrogen (secondary N) is 2. The first-order valence-electron chi connectivity index (χ1n) is 11.2. The van der Waals surface area contributed by atoms with E-state index in [0.29, 0.717) is 28.3 Å². The smallest absolute Gasteiger partial charge is 0.256 e. The van der Waals surface area contributed by atoms with Crippen LogP contribution in [0.3, 0.4) is 0 Å². The molecule has 1 spiro atoms. The van der Waals surface area contributed by atoms with E-state index in [1.54, 1.807) is 54.6 Å². The van der Waals surface area contributed by atoms with Gasteiger partial charge in [-0.15, -0.1) is 0 Å². The molecule has 35 heavy (non-hydrogen) atoms. The molecule has 0 aliphatic carbocycles. The van der Waals surface area contributed by atoms with Crippen LogP contribution in [0, 0.1) is 15.9 Å². The van der Waals surface area contributed by atoms with Crippen LogP contribution in [0.1, 0.15) is 29.5 Å². The number of benzene rings is 3. The molecule has 180 valence electrons. The highest BCUT2D eigenvalue weighted by molar-refractivity contribution is 6.07. The molecule has 2 heterocycles. The van der Waals surface area contributed by atoms with Crippen molar-refractivity contribution in [2.45, 2.75) is 37.1 Å². The lowest BCUT2D eigenvalue weighted by molar-refractivity contribution is -0.532. The number of para-hydroxylation sites is 1. The molecule has 2 N–H and O–H groups in total. The number of nitro groups is 1. The highest BCUT2D eigenvalue weighted by Gasteiger charge is 2.67. The Morgan fingerprint density at radius 2 is 1.83 bits per heavy atom. The zero-order valence-corrected chi connectivity index (χ0v) is 19.2. The summed E-state index contributed by atoms with van der Waals surface area (Å²) >= 11 is 0. The molecule has 0 aromatic heterocycles. The fourth-order valence-electron chi connectivity index (χ4n) is 5.31. The van der Waals surface area contributed by atoms with Crippen LogP contribution in [-0.4, -0.2) is 30.0 Å². The third kappa shape index (κ3) is 3.68. The molecule has 0 saturated carbocycles. The molecule has 3 aromatic carbocycles. The minimum absolute atomic E-state index is 0.203. The number of hydrogen-bond acceptors (Lipinski definition) is 6. The number of rotatable bonds is 6. The standard InChI is InChI=1S/C26H24FN3O5/c1-15-23(24(30(32)33)26(29-15)19-5-3-4-6-20(19)28-25(26)31)17-9-12-21(22(13-17)34-2)35-14-16-7-10-18(27)11-8-16/h3-13,15,23-24,29H,14H2,1-2H3,(H,28,31)/t15-,23-,24+,26+/m0/s1. The van der Waals surface area contributed by atoms with Gasteiger partial charge in [-0.1, -0.05) is 36.4 Å². The van der Waals surface area contributed by atoms with Gasteiger partial charge in [0.25, 0.3) is 11.9 Å². The maximum Gasteiger partial charge on any atom is 0.256 e. The predicted molar refractivity (Wildman–Crippen MR) is 127 cm³/mol. The van der Waals surface area contributed by atoms with Crippen molar-refractivity contribution in [1.82, 2.24) is 5.32 Å². The second-order valence-electron chi connectivity index (χ2n) is 8.82. The number of hydrogen-bond donors (Lipinski definition) is 2. The Kier molecular flexibility index (Phi) is 5.64. The van der Waals surface area contributed by atoms with E-state index in [2.05, 4.69) is 10.6 Å². The van der Waals surface area contributed by atoms with Crippen molar-refractivity contribution in [2.75, 3.05) is 12.4 Å². The Morgan fingerprint density at radius 1 is 1.09 bits per heavy atom. The highest BCUT2D eigenvalue weighted by Crippen LogP contribution is 2.50. The lowest BCUT2D eigenvalue weighted by atomic mass is 9.78. The van der Waals surface area contributed by atoms with Crippen LogP contribution in [0.2, 0.25) is 0 Å². The van der Waals surface area contributed by atoms with Crippen molar-refractivity contribution in [1.29, 1.82) is 0 Å². The van der Waals surface area contributed by atoms with E-state index in [9.17, 15) is 19.3 Å². The number of fused-ring (bicyclic) bond motifs is 2. The average Bonchev–Trinajstić information content (AvgIpc) is 3.32. The normalized spacial score (nSPS) is 24.8. The second-order valence-corrected chi connectivity index (χ2v) is 8.82. The van der Waals surface area contributed by atoms with E-state index in [1.807, 2.05) is 6.92 Å². The Bertz CT molecular complexity index is 1300. The number of anilines is 1. The number of carbonyl (C=O) groups is 1. The summed E-state index contributed by atoms with van der Waals surface area (Å²) in [7, 11) is 1.49. The van der Waals surface area contributed by atoms with Gasteiger partial charge in [-0.2, -0.15) is 0 Å². The summed E-state index contributed by atoms with van der Waals surface area (Å²) in [6.07, 6.45) is 0. The van der Waals surface area contributed by atoms with Gasteiger partial charge in [0.15, 0.2) is 17.0 Å². The molecule has 9 heteroatoms. The Labute approximate surface area is 201 Å². The minimum Gasteiger partial charge on any atom is -0.493 e. The van der Waals surface area contributed by atoms with Gasteiger partial charge in [0.2, 0.25) is 0 Å². The Balaban J connectivity index is 1.48. The number of halogens is 1. The molecule has 4 atom stereocenters. The van der Waals surface area contributed by atoms with Gasteiger partial charge < -0.3 is 14.8 Å². The SMILES string of the molecule is COc1cc([C@@H]2[C@H](C)N[C@@]3(C(=O)Nc4ccccc43)[C@@H]2[N+](=O)[O-])ccc1OCc1ccc(F)cc1. The topological polar surface area (TPSA) is 103 Å². The molecule has 0 unspecified atom stereocenters. The molecule has 1 amide bonds. The summed E-state index contributed by atoms with van der Waals surface area (Å²) in [6, 6.07) is 16.6. The van der Waals surface area contributed by atoms with Crippen LogP contribution in [0.5, 0.6) is 11.5 Å². The van der Waals surface area contributed by atoms with Gasteiger partial charge in [-0.3, -0.25) is 20.2 Å². The third-order valence-electron chi connectivity index (χ3n) is 6.84. The quantitative estimate of drug-likeness (QED) is 0.411. The van der Waals surface area contributed by atoms with Crippen molar-refractivity contribution in [2.24, 2.45) is 0 Å². The number of nitrogens with zero attached hydrogens (tertiary/aromatic N) is 1. The molecule has 2 aliphatic rings.